The quantitative estimate of drug-likeness (QED) is 0.0619. The molecular weight excluding hydrogens is 1180 g/mol. The highest BCUT2D eigenvalue weighted by Gasteiger charge is 2.37. The van der Waals surface area contributed by atoms with Crippen molar-refractivity contribution < 1.29 is 38.1 Å². The Balaban J connectivity index is 0.000000241. The minimum absolute atomic E-state index is 0.188. The number of aryl methyl sites for hydroxylation is 2. The van der Waals surface area contributed by atoms with E-state index in [4.69, 9.17) is 24.2 Å². The van der Waals surface area contributed by atoms with Crippen LogP contribution in [0.3, 0.4) is 0 Å². The lowest BCUT2D eigenvalue weighted by atomic mass is 9.78. The molecule has 1 amide bonds. The second kappa shape index (κ2) is 39.6. The van der Waals surface area contributed by atoms with Crippen LogP contribution >= 0.6 is 9.24 Å². The number of pyridine rings is 1. The van der Waals surface area contributed by atoms with Gasteiger partial charge >= 0.3 is 6.01 Å². The predicted octanol–water partition coefficient (Wildman–Crippen LogP) is 16.9. The highest BCUT2D eigenvalue weighted by molar-refractivity contribution is 7.28. The van der Waals surface area contributed by atoms with Crippen LogP contribution in [-0.4, -0.2) is 121 Å². The first kappa shape index (κ1) is 77.4. The monoisotopic (exact) mass is 1300 g/mol. The van der Waals surface area contributed by atoms with E-state index in [-0.39, 0.29) is 23.7 Å². The number of amides is 1. The number of nitrogens with zero attached hydrogens (tertiary/aromatic N) is 6. The Bertz CT molecular complexity index is 3240. The topological polar surface area (TPSA) is 160 Å². The van der Waals surface area contributed by atoms with Crippen LogP contribution < -0.4 is 29.9 Å². The van der Waals surface area contributed by atoms with Crippen molar-refractivity contribution in [2.45, 2.75) is 241 Å². The molecule has 0 bridgehead atoms. The van der Waals surface area contributed by atoms with Gasteiger partial charge in [0.25, 0.3) is 6.47 Å². The first-order valence-corrected chi connectivity index (χ1v) is 35.7. The highest BCUT2D eigenvalue weighted by atomic mass is 31.0. The number of anilines is 2. The van der Waals surface area contributed by atoms with Crippen LogP contribution in [0.5, 0.6) is 11.8 Å². The van der Waals surface area contributed by atoms with E-state index in [0.717, 1.165) is 108 Å². The molecule has 5 unspecified atom stereocenters. The molecule has 6 aromatic rings. The van der Waals surface area contributed by atoms with E-state index in [9.17, 15) is 19.5 Å². The van der Waals surface area contributed by atoms with Gasteiger partial charge < -0.3 is 39.2 Å². The maximum absolute atomic E-state index is 15.0. The summed E-state index contributed by atoms with van der Waals surface area (Å²) in [4.78, 5) is 51.5. The number of ether oxygens (including phenoxy) is 3. The first-order chi connectivity index (χ1) is 44.8. The number of aromatic nitrogens is 3. The van der Waals surface area contributed by atoms with E-state index in [1.807, 2.05) is 60.7 Å². The number of halogens is 1. The molecule has 4 aromatic carbocycles. The number of rotatable bonds is 18. The summed E-state index contributed by atoms with van der Waals surface area (Å²) in [5.74, 6) is 2.48. The smallest absolute Gasteiger partial charge is 0.318 e. The third-order valence-corrected chi connectivity index (χ3v) is 18.6. The van der Waals surface area contributed by atoms with Crippen molar-refractivity contribution in [1.82, 2.24) is 25.2 Å². The fraction of sp³-hybridized carbons (Fsp3) is 0.584. The van der Waals surface area contributed by atoms with Crippen LogP contribution in [0.1, 0.15) is 214 Å². The molecule has 1 saturated carbocycles. The summed E-state index contributed by atoms with van der Waals surface area (Å²) in [7, 11) is 8.57. The van der Waals surface area contributed by atoms with Crippen LogP contribution in [0.15, 0.2) is 72.9 Å². The van der Waals surface area contributed by atoms with Gasteiger partial charge in [-0.25, -0.2) is 4.39 Å². The van der Waals surface area contributed by atoms with E-state index in [1.165, 1.54) is 98.7 Å². The van der Waals surface area contributed by atoms with Crippen LogP contribution in [0, 0.1) is 18.7 Å². The Hall–Kier alpha value is -6.28. The molecule has 0 radical (unpaired) electrons. The van der Waals surface area contributed by atoms with E-state index in [0.29, 0.717) is 68.0 Å². The number of hydrogen-bond acceptors (Lipinski definition) is 13. The lowest BCUT2D eigenvalue weighted by Gasteiger charge is -2.37. The van der Waals surface area contributed by atoms with Crippen molar-refractivity contribution in [3.63, 3.8) is 0 Å². The number of carbonyl (C=O) groups is 3. The zero-order valence-electron chi connectivity index (χ0n) is 59.3. The summed E-state index contributed by atoms with van der Waals surface area (Å²) in [6, 6.07) is 25.1. The number of piperidine rings is 2. The molecule has 93 heavy (non-hydrogen) atoms. The SMILES string of the molecule is CC.CC1CCC(C)C(=O)N1.CCC.CCCC(CCC)Oc1ccc(-c2ccc(C)c(N(C)C)c2)cc1.CCCC=O.CCc1c(F)ccc2cc(C3CCC3)cc(-c3ncc4c(N5CCC[C@@](C)(O)C5)nc(OC)nc4c3P)c12.O=COCC1CCC2CCCN21. The van der Waals surface area contributed by atoms with E-state index >= 15 is 4.39 Å². The van der Waals surface area contributed by atoms with Gasteiger partial charge in [0, 0.05) is 80.4 Å². The Morgan fingerprint density at radius 3 is 2.12 bits per heavy atom. The number of hydrogen-bond donors (Lipinski definition) is 2. The van der Waals surface area contributed by atoms with Crippen LogP contribution in [-0.2, 0) is 25.5 Å². The predicted molar refractivity (Wildman–Crippen MR) is 388 cm³/mol. The fourth-order valence-electron chi connectivity index (χ4n) is 12.9. The zero-order valence-corrected chi connectivity index (χ0v) is 60.5. The Morgan fingerprint density at radius 1 is 0.849 bits per heavy atom. The van der Waals surface area contributed by atoms with Gasteiger partial charge in [0.05, 0.1) is 35.4 Å². The average molecular weight is 1300 g/mol. The number of aldehydes is 1. The molecule has 1 aliphatic carbocycles. The number of carbonyl (C=O) groups excluding carboxylic acids is 3. The molecule has 2 N–H and O–H groups in total. The maximum Gasteiger partial charge on any atom is 0.318 e. The van der Waals surface area contributed by atoms with Gasteiger partial charge in [-0.3, -0.25) is 19.5 Å². The number of fused-ring (bicyclic) bond motifs is 3. The Kier molecular flexibility index (Phi) is 32.9. The summed E-state index contributed by atoms with van der Waals surface area (Å²) in [6.07, 6.45) is 23.8. The van der Waals surface area contributed by atoms with Crippen molar-refractivity contribution in [2.24, 2.45) is 5.92 Å². The third kappa shape index (κ3) is 22.1. The summed E-state index contributed by atoms with van der Waals surface area (Å²) < 4.78 is 31.5. The standard InChI is InChI=1S/C30H34FN4O2P.C22H31NO.C9H15NO2.C7H13NO.C4H8O.C3H8.C2H6/c1-4-20-23(31)10-9-18-13-19(17-7-5-8-17)14-21(24(18)20)25-27(38)26-22(15-32-25)28(34-29(33-26)37-3)35-12-6-11-30(2,36)16-35;1-6-8-20(9-7-2)24-21-14-12-18(13-15-21)19-11-10-17(3)22(16-19)23(4)5;11-7-12-6-9-4-3-8-2-1-5-10(8)9;1-5-3-4-6(2)8-7(5)9;1-2-3-4-5;1-3-2;1-2/h9-10,13-15,17,36H,4-8,11-12,16,38H2,1-3H3;10-16,20H,6-9H2,1-5H3;7-9H,1-6H2;5-6H,3-4H2,1-2H3,(H,8,9);4H,2-3H2,1H3;3H2,1-2H3;1-2H3/t30-;;;;;;/m1....../s1. The molecule has 4 saturated heterocycles. The molecule has 16 heteroatoms. The lowest BCUT2D eigenvalue weighted by molar-refractivity contribution is -0.130. The molecule has 6 heterocycles. The van der Waals surface area contributed by atoms with E-state index in [2.05, 4.69) is 138 Å². The summed E-state index contributed by atoms with van der Waals surface area (Å²) in [5.41, 5.74) is 8.67. The number of methoxy groups -OCH3 is 1. The molecular formula is C77H115FN7O7P. The summed E-state index contributed by atoms with van der Waals surface area (Å²) in [5, 5.41) is 17.2. The molecule has 5 aliphatic rings. The van der Waals surface area contributed by atoms with Crippen LogP contribution in [0.25, 0.3) is 44.1 Å². The molecule has 14 nitrogen and oxygen atoms in total. The second-order valence-electron chi connectivity index (χ2n) is 26.0. The largest absolute Gasteiger partial charge is 0.490 e. The van der Waals surface area contributed by atoms with Crippen molar-refractivity contribution in [1.29, 1.82) is 0 Å². The average Bonchev–Trinajstić information content (AvgIpc) is 1.32. The number of benzene rings is 4. The third-order valence-electron chi connectivity index (χ3n) is 18.0. The van der Waals surface area contributed by atoms with Crippen molar-refractivity contribution in [3.8, 4) is 34.1 Å². The molecule has 11 rings (SSSR count). The minimum atomic E-state index is -0.790. The molecule has 2 aromatic heterocycles. The summed E-state index contributed by atoms with van der Waals surface area (Å²) >= 11 is 0. The van der Waals surface area contributed by atoms with Gasteiger partial charge in [-0.1, -0.05) is 124 Å². The van der Waals surface area contributed by atoms with Gasteiger partial charge in [-0.05, 0) is 192 Å². The van der Waals surface area contributed by atoms with E-state index in [1.54, 1.807) is 13.2 Å². The Labute approximate surface area is 560 Å². The molecule has 6 atom stereocenters. The number of nitrogens with one attached hydrogen (secondary N) is 1. The first-order valence-electron chi connectivity index (χ1n) is 35.1. The van der Waals surface area contributed by atoms with Crippen molar-refractivity contribution >= 4 is 66.4 Å². The fourth-order valence-corrected chi connectivity index (χ4v) is 13.3. The second-order valence-corrected chi connectivity index (χ2v) is 26.6. The van der Waals surface area contributed by atoms with Crippen molar-refractivity contribution in [2.75, 3.05) is 57.2 Å². The molecule has 512 valence electrons. The lowest BCUT2D eigenvalue weighted by Crippen LogP contribution is -2.46. The number of aliphatic hydroxyl groups is 1. The van der Waals surface area contributed by atoms with Gasteiger partial charge in [0.2, 0.25) is 5.91 Å². The number of β-amino-alcohol motifs (C(OH)–C–C–N with tert-alkyl or cyclic N) is 1. The maximum atomic E-state index is 15.0. The van der Waals surface area contributed by atoms with Gasteiger partial charge in [-0.15, -0.1) is 9.24 Å². The highest BCUT2D eigenvalue weighted by Crippen LogP contribution is 2.43. The Morgan fingerprint density at radius 2 is 1.55 bits per heavy atom. The molecule has 4 aliphatic heterocycles. The van der Waals surface area contributed by atoms with E-state index < -0.39 is 5.60 Å². The molecule has 5 fully saturated rings. The zero-order chi connectivity index (χ0) is 68.2. The van der Waals surface area contributed by atoms with Gasteiger partial charge in [-0.2, -0.15) is 9.97 Å². The van der Waals surface area contributed by atoms with Crippen LogP contribution in [0.2, 0.25) is 0 Å². The van der Waals surface area contributed by atoms with Crippen LogP contribution in [0.4, 0.5) is 15.9 Å². The minimum Gasteiger partial charge on any atom is -0.490 e. The summed E-state index contributed by atoms with van der Waals surface area (Å²) in [6.45, 7) is 28.3. The van der Waals surface area contributed by atoms with Crippen molar-refractivity contribution in [3.05, 3.63) is 95.4 Å². The number of unbranched alkanes of at least 4 members (excludes halogenated alkanes) is 1. The van der Waals surface area contributed by atoms with Gasteiger partial charge in [0.15, 0.2) is 0 Å². The van der Waals surface area contributed by atoms with Gasteiger partial charge in [0.1, 0.15) is 30.3 Å². The normalized spacial score (nSPS) is 19.7. The molecule has 0 spiro atoms.